The molecule has 2 rings (SSSR count). The zero-order valence-corrected chi connectivity index (χ0v) is 11.9. The van der Waals surface area contributed by atoms with Crippen LogP contribution in [-0.4, -0.2) is 5.60 Å². The minimum atomic E-state index is -0.00634. The quantitative estimate of drug-likeness (QED) is 0.620. The van der Waals surface area contributed by atoms with Gasteiger partial charge in [-0.1, -0.05) is 51.5 Å². The Morgan fingerprint density at radius 1 is 1.24 bits per heavy atom. The Balaban J connectivity index is 0.000000437. The normalized spacial score (nSPS) is 24.6. The van der Waals surface area contributed by atoms with Crippen LogP contribution in [0.2, 0.25) is 0 Å². The van der Waals surface area contributed by atoms with E-state index < -0.39 is 0 Å². The van der Waals surface area contributed by atoms with E-state index in [9.17, 15) is 0 Å². The van der Waals surface area contributed by atoms with Gasteiger partial charge >= 0.3 is 0 Å². The lowest BCUT2D eigenvalue weighted by atomic mass is 9.98. The predicted molar refractivity (Wildman–Crippen MR) is 74.8 cm³/mol. The fraction of sp³-hybridized carbons (Fsp3) is 0.625. The molecule has 1 atom stereocenters. The summed E-state index contributed by atoms with van der Waals surface area (Å²) in [7, 11) is 0. The average Bonchev–Trinajstić information content (AvgIpc) is 2.43. The van der Waals surface area contributed by atoms with E-state index in [-0.39, 0.29) is 5.60 Å². The standard InChI is InChI=1S/C13H18O.C3H8/c1-4-10-7-5-6-8-11-9-13(2,3)14-12(10)11;1-3-2/h5-8,10H,4,9H2,1-3H3;3H2,1-2H3. The third-order valence-electron chi connectivity index (χ3n) is 2.85. The summed E-state index contributed by atoms with van der Waals surface area (Å²) in [6, 6.07) is 0. The first kappa shape index (κ1) is 14.1. The van der Waals surface area contributed by atoms with Gasteiger partial charge in [0, 0.05) is 12.3 Å². The summed E-state index contributed by atoms with van der Waals surface area (Å²) >= 11 is 0. The third-order valence-corrected chi connectivity index (χ3v) is 2.85. The van der Waals surface area contributed by atoms with Crippen LogP contribution < -0.4 is 0 Å². The van der Waals surface area contributed by atoms with Gasteiger partial charge in [-0.2, -0.15) is 0 Å². The van der Waals surface area contributed by atoms with Crippen molar-refractivity contribution >= 4 is 0 Å². The molecule has 1 aliphatic carbocycles. The van der Waals surface area contributed by atoms with Gasteiger partial charge in [0.15, 0.2) is 0 Å². The van der Waals surface area contributed by atoms with E-state index in [1.165, 1.54) is 17.8 Å². The van der Waals surface area contributed by atoms with Crippen LogP contribution in [0.25, 0.3) is 0 Å². The molecule has 0 N–H and O–H groups in total. The first-order valence-electron chi connectivity index (χ1n) is 6.81. The molecule has 0 amide bonds. The summed E-state index contributed by atoms with van der Waals surface area (Å²) in [5.74, 6) is 1.67. The van der Waals surface area contributed by atoms with E-state index in [4.69, 9.17) is 4.74 Å². The zero-order chi connectivity index (χ0) is 12.9. The number of rotatable bonds is 1. The minimum absolute atomic E-state index is 0.00634. The van der Waals surface area contributed by atoms with Gasteiger partial charge in [0.05, 0.1) is 0 Å². The van der Waals surface area contributed by atoms with E-state index in [0.29, 0.717) is 5.92 Å². The second kappa shape index (κ2) is 6.09. The Kier molecular flexibility index (Phi) is 5.04. The molecule has 1 heterocycles. The molecule has 1 aliphatic heterocycles. The van der Waals surface area contributed by atoms with Crippen LogP contribution in [0.5, 0.6) is 0 Å². The molecule has 0 aromatic heterocycles. The Morgan fingerprint density at radius 3 is 2.47 bits per heavy atom. The van der Waals surface area contributed by atoms with Crippen LogP contribution in [0, 0.1) is 5.92 Å². The lowest BCUT2D eigenvalue weighted by Crippen LogP contribution is -2.19. The van der Waals surface area contributed by atoms with Gasteiger partial charge in [-0.15, -0.1) is 0 Å². The van der Waals surface area contributed by atoms with E-state index in [2.05, 4.69) is 58.9 Å². The summed E-state index contributed by atoms with van der Waals surface area (Å²) in [6.45, 7) is 10.8. The fourth-order valence-electron chi connectivity index (χ4n) is 2.18. The number of hydrogen-bond acceptors (Lipinski definition) is 1. The number of allylic oxidation sites excluding steroid dienone is 4. The molecule has 0 radical (unpaired) electrons. The first-order valence-corrected chi connectivity index (χ1v) is 6.81. The molecular weight excluding hydrogens is 208 g/mol. The van der Waals surface area contributed by atoms with Crippen molar-refractivity contribution < 1.29 is 4.74 Å². The van der Waals surface area contributed by atoms with Crippen molar-refractivity contribution in [3.05, 3.63) is 35.6 Å². The highest BCUT2D eigenvalue weighted by Crippen LogP contribution is 2.39. The van der Waals surface area contributed by atoms with E-state index >= 15 is 0 Å². The van der Waals surface area contributed by atoms with Crippen LogP contribution in [0.4, 0.5) is 0 Å². The van der Waals surface area contributed by atoms with Gasteiger partial charge in [-0.25, -0.2) is 0 Å². The molecule has 0 aromatic carbocycles. The van der Waals surface area contributed by atoms with Gasteiger partial charge in [0.2, 0.25) is 0 Å². The van der Waals surface area contributed by atoms with Crippen LogP contribution >= 0.6 is 0 Å². The van der Waals surface area contributed by atoms with Crippen LogP contribution in [0.1, 0.15) is 53.9 Å². The highest BCUT2D eigenvalue weighted by molar-refractivity contribution is 5.36. The molecule has 2 aliphatic rings. The van der Waals surface area contributed by atoms with Crippen LogP contribution in [-0.2, 0) is 4.74 Å². The highest BCUT2D eigenvalue weighted by Gasteiger charge is 2.33. The second-order valence-electron chi connectivity index (χ2n) is 5.39. The maximum Gasteiger partial charge on any atom is 0.107 e. The maximum absolute atomic E-state index is 6.01. The smallest absolute Gasteiger partial charge is 0.107 e. The monoisotopic (exact) mass is 234 g/mol. The van der Waals surface area contributed by atoms with Crippen molar-refractivity contribution in [2.24, 2.45) is 5.92 Å². The minimum Gasteiger partial charge on any atom is -0.491 e. The molecule has 0 aromatic rings. The number of ether oxygens (including phenoxy) is 1. The van der Waals surface area contributed by atoms with E-state index in [0.717, 1.165) is 12.8 Å². The molecule has 0 bridgehead atoms. The van der Waals surface area contributed by atoms with Crippen molar-refractivity contribution in [3.63, 3.8) is 0 Å². The predicted octanol–water partition coefficient (Wildman–Crippen LogP) is 5.01. The molecule has 1 unspecified atom stereocenters. The second-order valence-corrected chi connectivity index (χ2v) is 5.39. The first-order chi connectivity index (χ1) is 8.04. The topological polar surface area (TPSA) is 9.23 Å². The Bertz CT molecular complexity index is 331. The Labute approximate surface area is 106 Å². The maximum atomic E-state index is 6.01. The molecule has 0 saturated heterocycles. The highest BCUT2D eigenvalue weighted by atomic mass is 16.5. The van der Waals surface area contributed by atoms with E-state index in [1.54, 1.807) is 0 Å². The fourth-order valence-corrected chi connectivity index (χ4v) is 2.18. The van der Waals surface area contributed by atoms with E-state index in [1.807, 2.05) is 0 Å². The van der Waals surface area contributed by atoms with Gasteiger partial charge < -0.3 is 4.74 Å². The molecule has 17 heavy (non-hydrogen) atoms. The molecule has 0 spiro atoms. The lowest BCUT2D eigenvalue weighted by Gasteiger charge is -2.22. The SMILES string of the molecule is CCC.CCC1C=CC=CC2=C1OC(C)(C)C2. The molecule has 0 fully saturated rings. The summed E-state index contributed by atoms with van der Waals surface area (Å²) in [6.07, 6.45) is 12.1. The summed E-state index contributed by atoms with van der Waals surface area (Å²) < 4.78 is 6.01. The zero-order valence-electron chi connectivity index (χ0n) is 11.9. The summed E-state index contributed by atoms with van der Waals surface area (Å²) in [5.41, 5.74) is 1.38. The third kappa shape index (κ3) is 3.76. The van der Waals surface area contributed by atoms with Crippen LogP contribution in [0.3, 0.4) is 0 Å². The van der Waals surface area contributed by atoms with Crippen molar-refractivity contribution in [1.82, 2.24) is 0 Å². The van der Waals surface area contributed by atoms with Gasteiger partial charge in [-0.05, 0) is 25.8 Å². The average molecular weight is 234 g/mol. The van der Waals surface area contributed by atoms with Crippen molar-refractivity contribution in [2.45, 2.75) is 59.5 Å². The van der Waals surface area contributed by atoms with Crippen molar-refractivity contribution in [2.75, 3.05) is 0 Å². The number of hydrogen-bond donors (Lipinski definition) is 0. The van der Waals surface area contributed by atoms with Crippen molar-refractivity contribution in [3.8, 4) is 0 Å². The van der Waals surface area contributed by atoms with Gasteiger partial charge in [0.25, 0.3) is 0 Å². The van der Waals surface area contributed by atoms with Gasteiger partial charge in [0.1, 0.15) is 11.4 Å². The van der Waals surface area contributed by atoms with Crippen LogP contribution in [0.15, 0.2) is 35.6 Å². The molecule has 0 saturated carbocycles. The lowest BCUT2D eigenvalue weighted by molar-refractivity contribution is 0.0491. The Hall–Kier alpha value is -0.980. The van der Waals surface area contributed by atoms with Crippen molar-refractivity contribution in [1.29, 1.82) is 0 Å². The largest absolute Gasteiger partial charge is 0.491 e. The Morgan fingerprint density at radius 2 is 1.88 bits per heavy atom. The molecule has 1 nitrogen and oxygen atoms in total. The molecule has 96 valence electrons. The summed E-state index contributed by atoms with van der Waals surface area (Å²) in [4.78, 5) is 0. The molecule has 1 heteroatoms. The molecular formula is C16H26O. The van der Waals surface area contributed by atoms with Gasteiger partial charge in [-0.3, -0.25) is 0 Å². The summed E-state index contributed by atoms with van der Waals surface area (Å²) in [5, 5.41) is 0.